The summed E-state index contributed by atoms with van der Waals surface area (Å²) in [6, 6.07) is 12.6. The number of nitrogens with one attached hydrogen (secondary N) is 2. The Labute approximate surface area is 270 Å². The smallest absolute Gasteiger partial charge is 0.243 e. The lowest BCUT2D eigenvalue weighted by Crippen LogP contribution is -2.56. The van der Waals surface area contributed by atoms with Crippen LogP contribution in [0.5, 0.6) is 0 Å². The zero-order valence-electron chi connectivity index (χ0n) is 25.8. The molecule has 2 aliphatic rings. The van der Waals surface area contributed by atoms with Crippen molar-refractivity contribution in [2.45, 2.75) is 70.0 Å². The summed E-state index contributed by atoms with van der Waals surface area (Å²) in [6.45, 7) is 4.42. The second-order valence-corrected chi connectivity index (χ2v) is 13.9. The van der Waals surface area contributed by atoms with Crippen molar-refractivity contribution in [1.82, 2.24) is 19.8 Å². The van der Waals surface area contributed by atoms with E-state index >= 15 is 0 Å². The fraction of sp³-hybridized carbons (Fsp3) is 0.531. The van der Waals surface area contributed by atoms with Crippen LogP contribution in [0.1, 0.15) is 55.7 Å². The van der Waals surface area contributed by atoms with Crippen LogP contribution in [-0.4, -0.2) is 80.9 Å². The SMILES string of the molecule is CC(C(=O)N1CCCCC1C(=O)NCc1cc(Cl)ccc1CN)C(CCC(=O)N1CCOCC1)NS(=O)(=O)Cc1ccccc1. The Morgan fingerprint density at radius 3 is 2.49 bits per heavy atom. The molecule has 13 heteroatoms. The normalized spacial score (nSPS) is 18.7. The Kier molecular flexibility index (Phi) is 12.8. The maximum atomic E-state index is 14.0. The highest BCUT2D eigenvalue weighted by Gasteiger charge is 2.38. The molecular formula is C32H44ClN5O6S. The largest absolute Gasteiger partial charge is 0.378 e. The number of likely N-dealkylation sites (tertiary alicyclic amines) is 1. The quantitative estimate of drug-likeness (QED) is 0.299. The van der Waals surface area contributed by atoms with Gasteiger partial charge >= 0.3 is 0 Å². The van der Waals surface area contributed by atoms with Gasteiger partial charge in [-0.2, -0.15) is 0 Å². The number of sulfonamides is 1. The monoisotopic (exact) mass is 661 g/mol. The molecule has 2 aromatic carbocycles. The summed E-state index contributed by atoms with van der Waals surface area (Å²) in [5.41, 5.74) is 8.13. The zero-order chi connectivity index (χ0) is 32.4. The lowest BCUT2D eigenvalue weighted by molar-refractivity contribution is -0.146. The van der Waals surface area contributed by atoms with Gasteiger partial charge in [0.05, 0.1) is 24.9 Å². The zero-order valence-corrected chi connectivity index (χ0v) is 27.3. The van der Waals surface area contributed by atoms with Crippen LogP contribution in [-0.2, 0) is 48.0 Å². The molecule has 0 bridgehead atoms. The molecule has 2 aromatic rings. The van der Waals surface area contributed by atoms with Crippen molar-refractivity contribution in [3.05, 3.63) is 70.2 Å². The van der Waals surface area contributed by atoms with Crippen LogP contribution in [0.3, 0.4) is 0 Å². The summed E-state index contributed by atoms with van der Waals surface area (Å²) < 4.78 is 34.7. The van der Waals surface area contributed by atoms with Crippen LogP contribution in [0.15, 0.2) is 48.5 Å². The summed E-state index contributed by atoms with van der Waals surface area (Å²) in [7, 11) is -3.86. The maximum Gasteiger partial charge on any atom is 0.243 e. The van der Waals surface area contributed by atoms with Crippen molar-refractivity contribution < 1.29 is 27.5 Å². The van der Waals surface area contributed by atoms with Crippen molar-refractivity contribution >= 4 is 39.3 Å². The van der Waals surface area contributed by atoms with E-state index in [1.165, 1.54) is 0 Å². The number of hydrogen-bond donors (Lipinski definition) is 3. The molecule has 246 valence electrons. The Morgan fingerprint density at radius 1 is 1.04 bits per heavy atom. The second-order valence-electron chi connectivity index (χ2n) is 11.7. The molecule has 3 amide bonds. The number of benzene rings is 2. The summed E-state index contributed by atoms with van der Waals surface area (Å²) in [5.74, 6) is -1.81. The predicted molar refractivity (Wildman–Crippen MR) is 172 cm³/mol. The van der Waals surface area contributed by atoms with Gasteiger partial charge in [-0.05, 0) is 54.5 Å². The highest BCUT2D eigenvalue weighted by molar-refractivity contribution is 7.88. The van der Waals surface area contributed by atoms with Crippen molar-refractivity contribution in [1.29, 1.82) is 0 Å². The van der Waals surface area contributed by atoms with E-state index in [2.05, 4.69) is 10.0 Å². The average Bonchev–Trinajstić information content (AvgIpc) is 3.05. The van der Waals surface area contributed by atoms with E-state index < -0.39 is 28.0 Å². The number of nitrogens with zero attached hydrogens (tertiary/aromatic N) is 2. The van der Waals surface area contributed by atoms with Gasteiger partial charge in [0.15, 0.2) is 0 Å². The van der Waals surface area contributed by atoms with E-state index in [1.54, 1.807) is 53.1 Å². The molecule has 0 aliphatic carbocycles. The van der Waals surface area contributed by atoms with Crippen LogP contribution < -0.4 is 15.8 Å². The van der Waals surface area contributed by atoms with Gasteiger partial charge in [0.2, 0.25) is 27.7 Å². The van der Waals surface area contributed by atoms with Crippen LogP contribution in [0.2, 0.25) is 5.02 Å². The number of carbonyl (C=O) groups is 3. The molecule has 11 nitrogen and oxygen atoms in total. The molecule has 4 rings (SSSR count). The fourth-order valence-corrected chi connectivity index (χ4v) is 7.58. The van der Waals surface area contributed by atoms with E-state index in [0.29, 0.717) is 56.4 Å². The fourth-order valence-electron chi connectivity index (χ4n) is 5.89. The third-order valence-electron chi connectivity index (χ3n) is 8.49. The summed E-state index contributed by atoms with van der Waals surface area (Å²) in [6.07, 6.45) is 2.21. The first-order chi connectivity index (χ1) is 21.6. The minimum Gasteiger partial charge on any atom is -0.378 e. The van der Waals surface area contributed by atoms with Crippen molar-refractivity contribution in [3.8, 4) is 0 Å². The Hall–Kier alpha value is -3.03. The molecule has 4 N–H and O–H groups in total. The Bertz CT molecular complexity index is 1420. The van der Waals surface area contributed by atoms with Gasteiger partial charge < -0.3 is 25.6 Å². The summed E-state index contributed by atoms with van der Waals surface area (Å²) in [4.78, 5) is 43.7. The number of carbonyl (C=O) groups excluding carboxylic acids is 3. The minimum absolute atomic E-state index is 0.0726. The highest BCUT2D eigenvalue weighted by Crippen LogP contribution is 2.24. The van der Waals surface area contributed by atoms with Gasteiger partial charge in [-0.3, -0.25) is 14.4 Å². The molecule has 3 atom stereocenters. The van der Waals surface area contributed by atoms with Crippen LogP contribution in [0.4, 0.5) is 0 Å². The molecule has 2 aliphatic heterocycles. The predicted octanol–water partition coefficient (Wildman–Crippen LogP) is 2.56. The van der Waals surface area contributed by atoms with E-state index in [1.807, 2.05) is 12.1 Å². The van der Waals surface area contributed by atoms with E-state index in [0.717, 1.165) is 24.0 Å². The van der Waals surface area contributed by atoms with Crippen LogP contribution in [0, 0.1) is 5.92 Å². The second kappa shape index (κ2) is 16.5. The first-order valence-electron chi connectivity index (χ1n) is 15.5. The Balaban J connectivity index is 1.48. The van der Waals surface area contributed by atoms with E-state index in [-0.39, 0.29) is 42.9 Å². The first kappa shape index (κ1) is 34.8. The minimum atomic E-state index is -3.86. The Morgan fingerprint density at radius 2 is 1.78 bits per heavy atom. The molecule has 0 spiro atoms. The molecule has 0 aromatic heterocycles. The van der Waals surface area contributed by atoms with Gasteiger partial charge in [-0.15, -0.1) is 0 Å². The topological polar surface area (TPSA) is 151 Å². The number of halogens is 1. The lowest BCUT2D eigenvalue weighted by atomic mass is 9.93. The van der Waals surface area contributed by atoms with E-state index in [4.69, 9.17) is 22.1 Å². The molecule has 3 unspecified atom stereocenters. The molecule has 2 saturated heterocycles. The standard InChI is InChI=1S/C32H44ClN5O6S/c1-23(32(41)38-14-6-5-9-29(38)31(40)35-21-26-19-27(33)11-10-25(26)20-34)28(12-13-30(39)37-15-17-44-18-16-37)36-45(42,43)22-24-7-3-2-4-8-24/h2-4,7-8,10-11,19,23,28-29,36H,5-6,9,12-18,20-22,34H2,1H3,(H,35,40). The molecule has 2 heterocycles. The number of ether oxygens (including phenoxy) is 1. The van der Waals surface area contributed by atoms with Crippen LogP contribution >= 0.6 is 11.6 Å². The molecular weight excluding hydrogens is 618 g/mol. The highest BCUT2D eigenvalue weighted by atomic mass is 35.5. The number of piperidine rings is 1. The maximum absolute atomic E-state index is 14.0. The molecule has 2 fully saturated rings. The number of hydrogen-bond acceptors (Lipinski definition) is 7. The number of amides is 3. The number of nitrogens with two attached hydrogens (primary N) is 1. The number of morpholine rings is 1. The molecule has 0 saturated carbocycles. The van der Waals surface area contributed by atoms with Gasteiger partial charge in [-0.25, -0.2) is 13.1 Å². The third kappa shape index (κ3) is 9.98. The molecule has 45 heavy (non-hydrogen) atoms. The summed E-state index contributed by atoms with van der Waals surface area (Å²) >= 11 is 6.16. The summed E-state index contributed by atoms with van der Waals surface area (Å²) in [5, 5.41) is 3.48. The van der Waals surface area contributed by atoms with Crippen LogP contribution in [0.25, 0.3) is 0 Å². The van der Waals surface area contributed by atoms with Gasteiger partial charge in [0.1, 0.15) is 6.04 Å². The molecule has 0 radical (unpaired) electrons. The van der Waals surface area contributed by atoms with Gasteiger partial charge in [-0.1, -0.05) is 54.9 Å². The van der Waals surface area contributed by atoms with Gasteiger partial charge in [0.25, 0.3) is 0 Å². The number of rotatable bonds is 13. The average molecular weight is 662 g/mol. The van der Waals surface area contributed by atoms with E-state index in [9.17, 15) is 22.8 Å². The van der Waals surface area contributed by atoms with Crippen molar-refractivity contribution in [2.24, 2.45) is 11.7 Å². The van der Waals surface area contributed by atoms with Gasteiger partial charge in [0, 0.05) is 50.2 Å². The van der Waals surface area contributed by atoms with Crippen molar-refractivity contribution in [3.63, 3.8) is 0 Å². The lowest BCUT2D eigenvalue weighted by Gasteiger charge is -2.38. The van der Waals surface area contributed by atoms with Crippen molar-refractivity contribution in [2.75, 3.05) is 32.8 Å². The first-order valence-corrected chi connectivity index (χ1v) is 17.6. The third-order valence-corrected chi connectivity index (χ3v) is 10.1.